The van der Waals surface area contributed by atoms with Crippen molar-refractivity contribution >= 4 is 11.8 Å². The molecule has 1 aliphatic carbocycles. The molecule has 0 saturated carbocycles. The van der Waals surface area contributed by atoms with Crippen molar-refractivity contribution in [3.05, 3.63) is 107 Å². The van der Waals surface area contributed by atoms with Crippen LogP contribution in [0.5, 0.6) is 0 Å². The number of halogens is 2. The van der Waals surface area contributed by atoms with Gasteiger partial charge in [-0.25, -0.2) is 8.78 Å². The number of benzene rings is 3. The summed E-state index contributed by atoms with van der Waals surface area (Å²) in [7, 11) is 0. The summed E-state index contributed by atoms with van der Waals surface area (Å²) >= 11 is 0. The van der Waals surface area contributed by atoms with Gasteiger partial charge in [0.15, 0.2) is 11.6 Å². The van der Waals surface area contributed by atoms with E-state index in [1.807, 2.05) is 48.5 Å². The molecule has 1 aliphatic heterocycles. The summed E-state index contributed by atoms with van der Waals surface area (Å²) < 4.78 is 34.6. The molecule has 3 aromatic carbocycles. The number of nitrogens with one attached hydrogen (secondary N) is 1. The van der Waals surface area contributed by atoms with E-state index in [0.29, 0.717) is 32.5 Å². The number of hydrogen-bond donors (Lipinski definition) is 1. The predicted molar refractivity (Wildman–Crippen MR) is 131 cm³/mol. The molecule has 1 fully saturated rings. The van der Waals surface area contributed by atoms with Crippen LogP contribution < -0.4 is 5.32 Å². The van der Waals surface area contributed by atoms with Gasteiger partial charge < -0.3 is 15.0 Å². The number of nitrogens with zero attached hydrogens (tertiary/aromatic N) is 1. The van der Waals surface area contributed by atoms with Crippen molar-refractivity contribution in [2.24, 2.45) is 0 Å². The van der Waals surface area contributed by atoms with Gasteiger partial charge in [-0.2, -0.15) is 0 Å². The Morgan fingerprint density at radius 2 is 1.67 bits per heavy atom. The molecule has 3 aromatic rings. The fourth-order valence-electron chi connectivity index (χ4n) is 5.75. The molecule has 1 spiro atoms. The highest BCUT2D eigenvalue weighted by molar-refractivity contribution is 5.94. The van der Waals surface area contributed by atoms with E-state index in [0.717, 1.165) is 22.8 Å². The van der Waals surface area contributed by atoms with Crippen molar-refractivity contribution in [3.8, 4) is 0 Å². The predicted octanol–water partition coefficient (Wildman–Crippen LogP) is 4.92. The number of ether oxygens (including phenoxy) is 1. The molecule has 1 N–H and O–H groups in total. The summed E-state index contributed by atoms with van der Waals surface area (Å²) in [6, 6.07) is 21.2. The van der Waals surface area contributed by atoms with E-state index in [2.05, 4.69) is 11.4 Å². The molecular formula is C29H28F2N2O3. The standard InChI is InChI=1S/C29H28F2N2O3/c1-19(34)32-26-21-10-5-6-12-23(21)29(27(26)36-18-20-8-3-2-4-9-20)14-16-33(17-15-29)28(35)22-11-7-13-24(30)25(22)31/h2-13,26-27H,14-18H2,1H3,(H,32,34)/t26-,27+/m1/s1. The quantitative estimate of drug-likeness (QED) is 0.553. The average molecular weight is 491 g/mol. The van der Waals surface area contributed by atoms with Gasteiger partial charge >= 0.3 is 0 Å². The molecule has 0 aromatic heterocycles. The fourth-order valence-corrected chi connectivity index (χ4v) is 5.75. The van der Waals surface area contributed by atoms with Gasteiger partial charge in [0.2, 0.25) is 5.91 Å². The third kappa shape index (κ3) is 4.28. The van der Waals surface area contributed by atoms with E-state index in [4.69, 9.17) is 4.74 Å². The molecular weight excluding hydrogens is 462 g/mol. The van der Waals surface area contributed by atoms with E-state index >= 15 is 0 Å². The Labute approximate surface area is 209 Å². The van der Waals surface area contributed by atoms with E-state index in [-0.39, 0.29) is 23.6 Å². The second-order valence-corrected chi connectivity index (χ2v) is 9.53. The lowest BCUT2D eigenvalue weighted by atomic mass is 9.71. The van der Waals surface area contributed by atoms with Gasteiger partial charge in [-0.05, 0) is 41.7 Å². The van der Waals surface area contributed by atoms with Crippen molar-refractivity contribution in [3.63, 3.8) is 0 Å². The van der Waals surface area contributed by atoms with Crippen molar-refractivity contribution in [1.29, 1.82) is 0 Å². The van der Waals surface area contributed by atoms with Gasteiger partial charge in [-0.15, -0.1) is 0 Å². The molecule has 186 valence electrons. The number of fused-ring (bicyclic) bond motifs is 2. The first-order valence-electron chi connectivity index (χ1n) is 12.2. The Hall–Kier alpha value is -3.58. The smallest absolute Gasteiger partial charge is 0.256 e. The zero-order valence-electron chi connectivity index (χ0n) is 20.0. The summed E-state index contributed by atoms with van der Waals surface area (Å²) in [6.45, 7) is 2.60. The molecule has 1 heterocycles. The lowest BCUT2D eigenvalue weighted by molar-refractivity contribution is -0.122. The second-order valence-electron chi connectivity index (χ2n) is 9.53. The molecule has 7 heteroatoms. The van der Waals surface area contributed by atoms with Crippen LogP contribution in [0.25, 0.3) is 0 Å². The first kappa shape index (κ1) is 24.1. The highest BCUT2D eigenvalue weighted by Crippen LogP contribution is 2.52. The maximum atomic E-state index is 14.3. The lowest BCUT2D eigenvalue weighted by Crippen LogP contribution is -2.52. The van der Waals surface area contributed by atoms with Crippen LogP contribution in [0.3, 0.4) is 0 Å². The lowest BCUT2D eigenvalue weighted by Gasteiger charge is -2.44. The van der Waals surface area contributed by atoms with E-state index in [1.165, 1.54) is 19.1 Å². The van der Waals surface area contributed by atoms with E-state index in [9.17, 15) is 18.4 Å². The van der Waals surface area contributed by atoms with Crippen LogP contribution in [-0.2, 0) is 21.6 Å². The molecule has 2 amide bonds. The Morgan fingerprint density at radius 1 is 0.972 bits per heavy atom. The summed E-state index contributed by atoms with van der Waals surface area (Å²) in [6.07, 6.45) is 0.798. The Kier molecular flexibility index (Phi) is 6.58. The fraction of sp³-hybridized carbons (Fsp3) is 0.310. The summed E-state index contributed by atoms with van der Waals surface area (Å²) in [5.41, 5.74) is 2.45. The zero-order chi connectivity index (χ0) is 25.3. The van der Waals surface area contributed by atoms with Crippen LogP contribution in [0.4, 0.5) is 8.78 Å². The average Bonchev–Trinajstić information content (AvgIpc) is 3.13. The van der Waals surface area contributed by atoms with Crippen molar-refractivity contribution in [2.75, 3.05) is 13.1 Å². The number of carbonyl (C=O) groups is 2. The van der Waals surface area contributed by atoms with Gasteiger partial charge in [-0.3, -0.25) is 9.59 Å². The van der Waals surface area contributed by atoms with E-state index in [1.54, 1.807) is 4.90 Å². The molecule has 0 unspecified atom stereocenters. The summed E-state index contributed by atoms with van der Waals surface area (Å²) in [5.74, 6) is -2.82. The maximum absolute atomic E-state index is 14.3. The summed E-state index contributed by atoms with van der Waals surface area (Å²) in [4.78, 5) is 26.8. The molecule has 5 nitrogen and oxygen atoms in total. The monoisotopic (exact) mass is 490 g/mol. The molecule has 2 aliphatic rings. The van der Waals surface area contributed by atoms with Crippen LogP contribution in [0, 0.1) is 11.6 Å². The maximum Gasteiger partial charge on any atom is 0.256 e. The highest BCUT2D eigenvalue weighted by atomic mass is 19.2. The van der Waals surface area contributed by atoms with Crippen LogP contribution >= 0.6 is 0 Å². The van der Waals surface area contributed by atoms with Crippen molar-refractivity contribution in [1.82, 2.24) is 10.2 Å². The van der Waals surface area contributed by atoms with Crippen LogP contribution in [0.15, 0.2) is 72.8 Å². The largest absolute Gasteiger partial charge is 0.370 e. The van der Waals surface area contributed by atoms with Crippen molar-refractivity contribution < 1.29 is 23.1 Å². The zero-order valence-corrected chi connectivity index (χ0v) is 20.0. The second kappa shape index (κ2) is 9.82. The molecule has 2 atom stereocenters. The summed E-state index contributed by atoms with van der Waals surface area (Å²) in [5, 5.41) is 3.09. The van der Waals surface area contributed by atoms with Crippen LogP contribution in [-0.4, -0.2) is 35.9 Å². The van der Waals surface area contributed by atoms with Gasteiger partial charge in [0.1, 0.15) is 0 Å². The third-order valence-electron chi connectivity index (χ3n) is 7.44. The Bertz CT molecular complexity index is 1270. The number of likely N-dealkylation sites (tertiary alicyclic amines) is 1. The molecule has 0 bridgehead atoms. The number of rotatable bonds is 5. The number of piperidine rings is 1. The van der Waals surface area contributed by atoms with Gasteiger partial charge in [0.25, 0.3) is 5.91 Å². The molecule has 5 rings (SSSR count). The number of amides is 2. The number of hydrogen-bond acceptors (Lipinski definition) is 3. The normalized spacial score (nSPS) is 20.2. The topological polar surface area (TPSA) is 58.6 Å². The molecule has 36 heavy (non-hydrogen) atoms. The Balaban J connectivity index is 1.44. The third-order valence-corrected chi connectivity index (χ3v) is 7.44. The van der Waals surface area contributed by atoms with Crippen molar-refractivity contribution in [2.45, 2.75) is 43.9 Å². The van der Waals surface area contributed by atoms with Gasteiger partial charge in [-0.1, -0.05) is 60.7 Å². The van der Waals surface area contributed by atoms with Gasteiger partial charge in [0, 0.05) is 25.4 Å². The SMILES string of the molecule is CC(=O)N[C@@H]1c2ccccc2C2(CCN(C(=O)c3cccc(F)c3F)CC2)[C@H]1OCc1ccccc1. The molecule has 0 radical (unpaired) electrons. The molecule has 1 saturated heterocycles. The first-order valence-corrected chi connectivity index (χ1v) is 12.2. The van der Waals surface area contributed by atoms with Gasteiger partial charge in [0.05, 0.1) is 24.3 Å². The van der Waals surface area contributed by atoms with Crippen LogP contribution in [0.1, 0.15) is 52.9 Å². The minimum Gasteiger partial charge on any atom is -0.370 e. The number of carbonyl (C=O) groups excluding carboxylic acids is 2. The minimum atomic E-state index is -1.12. The Morgan fingerprint density at radius 3 is 2.39 bits per heavy atom. The highest BCUT2D eigenvalue weighted by Gasteiger charge is 2.54. The van der Waals surface area contributed by atoms with Crippen LogP contribution in [0.2, 0.25) is 0 Å². The minimum absolute atomic E-state index is 0.144. The first-order chi connectivity index (χ1) is 17.4. The van der Waals surface area contributed by atoms with E-state index < -0.39 is 23.0 Å².